The summed E-state index contributed by atoms with van der Waals surface area (Å²) in [5.41, 5.74) is 3.18. The number of hydrogen-bond acceptors (Lipinski definition) is 6. The molecule has 0 saturated carbocycles. The minimum absolute atomic E-state index is 0.0303. The molecule has 0 radical (unpaired) electrons. The molecule has 2 N–H and O–H groups in total. The van der Waals surface area contributed by atoms with Gasteiger partial charge in [-0.3, -0.25) is 14.9 Å². The molecule has 1 unspecified atom stereocenters. The Kier molecular flexibility index (Phi) is 5.16. The highest BCUT2D eigenvalue weighted by Gasteiger charge is 2.25. The molecule has 0 aliphatic carbocycles. The lowest BCUT2D eigenvalue weighted by Gasteiger charge is -2.12. The van der Waals surface area contributed by atoms with Crippen molar-refractivity contribution in [3.05, 3.63) is 35.9 Å². The van der Waals surface area contributed by atoms with E-state index in [9.17, 15) is 14.4 Å². The minimum Gasteiger partial charge on any atom is -0.272 e. The van der Waals surface area contributed by atoms with Gasteiger partial charge in [0, 0.05) is 0 Å². The highest BCUT2D eigenvalue weighted by atomic mass is 32.2. The average Bonchev–Trinajstić information content (AvgIpc) is 2.47. The van der Waals surface area contributed by atoms with Gasteiger partial charge in [-0.05, 0) is 5.56 Å². The summed E-state index contributed by atoms with van der Waals surface area (Å²) in [4.78, 5) is 33.6. The second kappa shape index (κ2) is 7.29. The molecule has 0 aromatic heterocycles. The molecule has 0 spiro atoms. The number of nitrogens with one attached hydrogen (secondary N) is 2. The van der Waals surface area contributed by atoms with Crippen LogP contribution in [0.2, 0.25) is 0 Å². The van der Waals surface area contributed by atoms with Crippen LogP contribution in [0.4, 0.5) is 4.79 Å². The molecule has 0 bridgehead atoms. The van der Waals surface area contributed by atoms with E-state index in [0.29, 0.717) is 0 Å². The number of amides is 4. The van der Waals surface area contributed by atoms with Crippen LogP contribution in [0.25, 0.3) is 0 Å². The van der Waals surface area contributed by atoms with Crippen LogP contribution in [0.15, 0.2) is 45.7 Å². The molecular formula is C12H11N5O3S. The summed E-state index contributed by atoms with van der Waals surface area (Å²) in [6.07, 6.45) is 1.51. The molecule has 1 aromatic carbocycles. The summed E-state index contributed by atoms with van der Waals surface area (Å²) >= 11 is 0.951. The van der Waals surface area contributed by atoms with Gasteiger partial charge in [-0.1, -0.05) is 35.4 Å². The van der Waals surface area contributed by atoms with Gasteiger partial charge >= 0.3 is 6.03 Å². The lowest BCUT2D eigenvalue weighted by molar-refractivity contribution is -0.119. The van der Waals surface area contributed by atoms with E-state index in [1.54, 1.807) is 0 Å². The number of thioether (sulfide) groups is 1. The number of carbonyl (C=O) groups is 3. The number of carbonyl (C=O) groups excluding carboxylic acids is 3. The van der Waals surface area contributed by atoms with Gasteiger partial charge in [-0.15, -0.1) is 11.8 Å². The van der Waals surface area contributed by atoms with Crippen molar-refractivity contribution in [1.82, 2.24) is 10.7 Å². The Morgan fingerprint density at radius 2 is 2.14 bits per heavy atom. The van der Waals surface area contributed by atoms with Crippen LogP contribution in [0.5, 0.6) is 0 Å². The molecule has 1 aromatic rings. The molecule has 0 saturated heterocycles. The fourth-order valence-electron chi connectivity index (χ4n) is 1.36. The Morgan fingerprint density at radius 3 is 2.86 bits per heavy atom. The normalized spacial score (nSPS) is 17.8. The standard InChI is InChI=1S/C12H11N5O3S/c18-9(15-13-6-8-4-2-1-3-5-8)7-21-11-10(19)14-12(20)17-16-11/h1-6,11H,7H2,(H,15,18)(H,14,19,20). The number of hydrogen-bond donors (Lipinski definition) is 2. The molecule has 1 aliphatic rings. The Hall–Kier alpha value is -2.55. The zero-order chi connectivity index (χ0) is 15.1. The van der Waals surface area contributed by atoms with E-state index in [2.05, 4.69) is 20.8 Å². The molecule has 108 valence electrons. The maximum Gasteiger partial charge on any atom is 0.366 e. The number of imide groups is 1. The first-order valence-electron chi connectivity index (χ1n) is 5.89. The molecule has 1 aliphatic heterocycles. The first kappa shape index (κ1) is 14.9. The van der Waals surface area contributed by atoms with Gasteiger partial charge in [0.15, 0.2) is 5.37 Å². The molecule has 2 rings (SSSR count). The highest BCUT2D eigenvalue weighted by molar-refractivity contribution is 8.01. The van der Waals surface area contributed by atoms with Gasteiger partial charge < -0.3 is 0 Å². The number of rotatable bonds is 5. The zero-order valence-corrected chi connectivity index (χ0v) is 11.5. The zero-order valence-electron chi connectivity index (χ0n) is 10.7. The van der Waals surface area contributed by atoms with Gasteiger partial charge in [0.05, 0.1) is 12.0 Å². The van der Waals surface area contributed by atoms with Gasteiger partial charge in [0.2, 0.25) is 5.91 Å². The maximum absolute atomic E-state index is 11.5. The fraction of sp³-hybridized carbons (Fsp3) is 0.167. The van der Waals surface area contributed by atoms with E-state index in [1.807, 2.05) is 35.6 Å². The van der Waals surface area contributed by atoms with Crippen LogP contribution in [0.3, 0.4) is 0 Å². The predicted molar refractivity (Wildman–Crippen MR) is 76.8 cm³/mol. The summed E-state index contributed by atoms with van der Waals surface area (Å²) in [7, 11) is 0. The molecule has 8 nitrogen and oxygen atoms in total. The van der Waals surface area contributed by atoms with Crippen molar-refractivity contribution < 1.29 is 14.4 Å². The molecule has 9 heteroatoms. The maximum atomic E-state index is 11.5. The van der Waals surface area contributed by atoms with Gasteiger partial charge in [0.1, 0.15) is 0 Å². The largest absolute Gasteiger partial charge is 0.366 e. The number of azo groups is 1. The van der Waals surface area contributed by atoms with Crippen molar-refractivity contribution in [2.45, 2.75) is 5.37 Å². The molecule has 4 amide bonds. The van der Waals surface area contributed by atoms with Crippen LogP contribution in [-0.4, -0.2) is 35.2 Å². The first-order valence-corrected chi connectivity index (χ1v) is 6.94. The van der Waals surface area contributed by atoms with Crippen molar-refractivity contribution >= 4 is 35.8 Å². The molecule has 1 heterocycles. The Morgan fingerprint density at radius 1 is 1.38 bits per heavy atom. The third kappa shape index (κ3) is 4.80. The van der Waals surface area contributed by atoms with E-state index in [0.717, 1.165) is 17.3 Å². The van der Waals surface area contributed by atoms with Crippen molar-refractivity contribution in [2.75, 3.05) is 5.75 Å². The number of benzene rings is 1. The Balaban J connectivity index is 1.75. The lowest BCUT2D eigenvalue weighted by atomic mass is 10.2. The summed E-state index contributed by atoms with van der Waals surface area (Å²) in [5, 5.41) is 11.6. The van der Waals surface area contributed by atoms with Gasteiger partial charge in [-0.2, -0.15) is 10.2 Å². The van der Waals surface area contributed by atoms with Crippen molar-refractivity contribution in [3.63, 3.8) is 0 Å². The van der Waals surface area contributed by atoms with Crippen LogP contribution in [0.1, 0.15) is 5.56 Å². The molecule has 0 fully saturated rings. The predicted octanol–water partition coefficient (Wildman–Crippen LogP) is 0.898. The number of hydrazone groups is 1. The summed E-state index contributed by atoms with van der Waals surface area (Å²) < 4.78 is 0. The van der Waals surface area contributed by atoms with E-state index in [1.165, 1.54) is 6.21 Å². The van der Waals surface area contributed by atoms with Crippen molar-refractivity contribution in [1.29, 1.82) is 0 Å². The minimum atomic E-state index is -0.897. The first-order chi connectivity index (χ1) is 10.1. The Labute approximate surface area is 124 Å². The van der Waals surface area contributed by atoms with E-state index in [-0.39, 0.29) is 11.7 Å². The second-order valence-electron chi connectivity index (χ2n) is 3.88. The Bertz CT molecular complexity index is 602. The molecule has 21 heavy (non-hydrogen) atoms. The summed E-state index contributed by atoms with van der Waals surface area (Å²) in [5.74, 6) is -0.995. The summed E-state index contributed by atoms with van der Waals surface area (Å²) in [6.45, 7) is 0. The SMILES string of the molecule is O=C(CSC1N=NC(=O)NC1=O)NN=Cc1ccccc1. The van der Waals surface area contributed by atoms with Crippen molar-refractivity contribution in [2.24, 2.45) is 15.3 Å². The smallest absolute Gasteiger partial charge is 0.272 e. The van der Waals surface area contributed by atoms with Crippen LogP contribution < -0.4 is 10.7 Å². The lowest BCUT2D eigenvalue weighted by Crippen LogP contribution is -2.38. The van der Waals surface area contributed by atoms with Crippen molar-refractivity contribution in [3.8, 4) is 0 Å². The number of nitrogens with zero attached hydrogens (tertiary/aromatic N) is 3. The van der Waals surface area contributed by atoms with E-state index >= 15 is 0 Å². The quantitative estimate of drug-likeness (QED) is 0.621. The van der Waals surface area contributed by atoms with E-state index in [4.69, 9.17) is 0 Å². The number of urea groups is 1. The highest BCUT2D eigenvalue weighted by Crippen LogP contribution is 2.15. The summed E-state index contributed by atoms with van der Waals surface area (Å²) in [6, 6.07) is 8.47. The fourth-order valence-corrected chi connectivity index (χ4v) is 2.06. The second-order valence-corrected chi connectivity index (χ2v) is 4.95. The van der Waals surface area contributed by atoms with Crippen LogP contribution >= 0.6 is 11.8 Å². The van der Waals surface area contributed by atoms with E-state index < -0.39 is 17.3 Å². The van der Waals surface area contributed by atoms with Gasteiger partial charge in [0.25, 0.3) is 5.91 Å². The van der Waals surface area contributed by atoms with Gasteiger partial charge in [-0.25, -0.2) is 10.2 Å². The average molecular weight is 305 g/mol. The monoisotopic (exact) mass is 305 g/mol. The van der Waals surface area contributed by atoms with Crippen LogP contribution in [0, 0.1) is 0 Å². The molecule has 1 atom stereocenters. The topological polar surface area (TPSA) is 112 Å². The molecular weight excluding hydrogens is 294 g/mol. The third-order valence-corrected chi connectivity index (χ3v) is 3.34. The third-order valence-electron chi connectivity index (χ3n) is 2.28. The van der Waals surface area contributed by atoms with Crippen LogP contribution in [-0.2, 0) is 9.59 Å².